The summed E-state index contributed by atoms with van der Waals surface area (Å²) in [7, 11) is 0. The lowest BCUT2D eigenvalue weighted by Gasteiger charge is -2.13. The third-order valence-corrected chi connectivity index (χ3v) is 6.11. The van der Waals surface area contributed by atoms with Crippen LogP contribution in [0.5, 0.6) is 0 Å². The van der Waals surface area contributed by atoms with E-state index in [1.165, 1.54) is 0 Å². The van der Waals surface area contributed by atoms with Crippen LogP contribution in [0.4, 0.5) is 0 Å². The van der Waals surface area contributed by atoms with Crippen LogP contribution in [0.1, 0.15) is 22.3 Å². The van der Waals surface area contributed by atoms with Gasteiger partial charge in [-0.3, -0.25) is 0 Å². The molecule has 0 radical (unpaired) electrons. The summed E-state index contributed by atoms with van der Waals surface area (Å²) in [6.45, 7) is 0. The minimum Gasteiger partial charge on any atom is -0.0842 e. The second-order valence-corrected chi connectivity index (χ2v) is 8.73. The zero-order valence-electron chi connectivity index (χ0n) is 14.0. The monoisotopic (exact) mass is 484 g/mol. The van der Waals surface area contributed by atoms with Crippen LogP contribution in [-0.4, -0.2) is 0 Å². The van der Waals surface area contributed by atoms with Crippen LogP contribution in [0.3, 0.4) is 0 Å². The minimum atomic E-state index is 0.460. The lowest BCUT2D eigenvalue weighted by atomic mass is 9.95. The van der Waals surface area contributed by atoms with Gasteiger partial charge in [0.05, 0.1) is 20.1 Å². The highest BCUT2D eigenvalue weighted by molar-refractivity contribution is 6.43. The molecule has 0 saturated carbocycles. The third kappa shape index (κ3) is 3.71. The average molecular weight is 487 g/mol. The Labute approximate surface area is 192 Å². The van der Waals surface area contributed by atoms with E-state index in [1.54, 1.807) is 24.3 Å². The molecule has 0 bridgehead atoms. The van der Waals surface area contributed by atoms with Crippen molar-refractivity contribution in [2.24, 2.45) is 0 Å². The first-order chi connectivity index (χ1) is 13.3. The lowest BCUT2D eigenvalue weighted by Crippen LogP contribution is -1.91. The highest BCUT2D eigenvalue weighted by Gasteiger charge is 2.24. The molecule has 28 heavy (non-hydrogen) atoms. The maximum Gasteiger partial charge on any atom is 0.0514 e. The molecule has 4 rings (SSSR count). The van der Waals surface area contributed by atoms with Gasteiger partial charge in [0.2, 0.25) is 0 Å². The average Bonchev–Trinajstić information content (AvgIpc) is 2.95. The van der Waals surface area contributed by atoms with E-state index in [-0.39, 0.29) is 0 Å². The zero-order valence-corrected chi connectivity index (χ0v) is 18.6. The van der Waals surface area contributed by atoms with Crippen LogP contribution in [-0.2, 0) is 0 Å². The normalized spacial score (nSPS) is 14.4. The Morgan fingerprint density at radius 3 is 1.79 bits per heavy atom. The van der Waals surface area contributed by atoms with Crippen LogP contribution in [0.2, 0.25) is 30.1 Å². The molecule has 0 saturated heterocycles. The molecule has 0 heterocycles. The molecule has 3 aromatic carbocycles. The molecule has 1 aliphatic rings. The topological polar surface area (TPSA) is 0 Å². The van der Waals surface area contributed by atoms with E-state index in [0.717, 1.165) is 22.3 Å². The Morgan fingerprint density at radius 1 is 0.643 bits per heavy atom. The summed E-state index contributed by atoms with van der Waals surface area (Å²) in [5.41, 5.74) is 5.24. The second kappa shape index (κ2) is 7.95. The molecule has 0 fully saturated rings. The minimum absolute atomic E-state index is 0.460. The Balaban J connectivity index is 1.98. The van der Waals surface area contributed by atoms with Crippen molar-refractivity contribution in [3.05, 3.63) is 101 Å². The van der Waals surface area contributed by atoms with Crippen LogP contribution in [0.15, 0.2) is 48.5 Å². The van der Waals surface area contributed by atoms with Gasteiger partial charge >= 0.3 is 0 Å². The summed E-state index contributed by atoms with van der Waals surface area (Å²) in [6, 6.07) is 14.7. The van der Waals surface area contributed by atoms with Crippen LogP contribution >= 0.6 is 69.6 Å². The second-order valence-electron chi connectivity index (χ2n) is 6.23. The van der Waals surface area contributed by atoms with E-state index in [0.29, 0.717) is 41.3 Å². The number of allylic oxidation sites excluding steroid dienone is 2. The molecule has 3 aromatic rings. The number of hydrogen-bond acceptors (Lipinski definition) is 0. The van der Waals surface area contributed by atoms with Crippen molar-refractivity contribution in [3.8, 4) is 0 Å². The highest BCUT2D eigenvalue weighted by Crippen LogP contribution is 2.48. The Bertz CT molecular complexity index is 1130. The molecule has 1 aliphatic carbocycles. The van der Waals surface area contributed by atoms with Crippen molar-refractivity contribution < 1.29 is 0 Å². The predicted molar refractivity (Wildman–Crippen MR) is 125 cm³/mol. The molecule has 0 N–H and O–H groups in total. The molecular formula is C22H10Cl6. The molecule has 0 amide bonds. The van der Waals surface area contributed by atoms with Gasteiger partial charge in [-0.1, -0.05) is 93.9 Å². The van der Waals surface area contributed by atoms with E-state index in [1.807, 2.05) is 36.4 Å². The van der Waals surface area contributed by atoms with Gasteiger partial charge in [-0.15, -0.1) is 0 Å². The maximum absolute atomic E-state index is 6.50. The number of halogens is 6. The van der Waals surface area contributed by atoms with Gasteiger partial charge in [0.15, 0.2) is 0 Å². The Hall–Kier alpha value is -1.12. The van der Waals surface area contributed by atoms with Crippen molar-refractivity contribution in [2.75, 3.05) is 0 Å². The van der Waals surface area contributed by atoms with Crippen molar-refractivity contribution in [3.63, 3.8) is 0 Å². The van der Waals surface area contributed by atoms with E-state index >= 15 is 0 Å². The fraction of sp³-hybridized carbons (Fsp3) is 0. The Morgan fingerprint density at radius 2 is 1.18 bits per heavy atom. The van der Waals surface area contributed by atoms with Crippen molar-refractivity contribution in [2.45, 2.75) is 0 Å². The van der Waals surface area contributed by atoms with Crippen molar-refractivity contribution in [1.82, 2.24) is 0 Å². The summed E-state index contributed by atoms with van der Waals surface area (Å²) < 4.78 is 0. The van der Waals surface area contributed by atoms with E-state index in [9.17, 15) is 0 Å². The SMILES string of the molecule is Clc1cc(Cl)c(/C=C2/C(c3c(Cl)cc(Cl)cc3Cl)=Cc3ccccc32)c(Cl)c1. The predicted octanol–water partition coefficient (Wildman–Crippen LogP) is 9.70. The number of hydrogen-bond donors (Lipinski definition) is 0. The van der Waals surface area contributed by atoms with Gasteiger partial charge in [0.1, 0.15) is 0 Å². The fourth-order valence-corrected chi connectivity index (χ4v) is 5.19. The first kappa shape index (κ1) is 20.2. The number of fused-ring (bicyclic) bond motifs is 1. The molecular weight excluding hydrogens is 477 g/mol. The summed E-state index contributed by atoms with van der Waals surface area (Å²) in [5.74, 6) is 0. The van der Waals surface area contributed by atoms with E-state index < -0.39 is 0 Å². The molecule has 0 atom stereocenters. The summed E-state index contributed by atoms with van der Waals surface area (Å²) in [6.07, 6.45) is 3.97. The Kier molecular flexibility index (Phi) is 5.73. The van der Waals surface area contributed by atoms with Gasteiger partial charge in [-0.2, -0.15) is 0 Å². The van der Waals surface area contributed by atoms with Crippen LogP contribution < -0.4 is 0 Å². The first-order valence-electron chi connectivity index (χ1n) is 8.18. The van der Waals surface area contributed by atoms with E-state index in [4.69, 9.17) is 69.6 Å². The van der Waals surface area contributed by atoms with Crippen LogP contribution in [0, 0.1) is 0 Å². The van der Waals surface area contributed by atoms with Gasteiger partial charge in [0, 0.05) is 21.2 Å². The first-order valence-corrected chi connectivity index (χ1v) is 10.4. The molecule has 0 aromatic heterocycles. The van der Waals surface area contributed by atoms with Crippen molar-refractivity contribution >= 4 is 92.9 Å². The van der Waals surface area contributed by atoms with Gasteiger partial charge < -0.3 is 0 Å². The molecule has 0 spiro atoms. The standard InChI is InChI=1S/C22H10Cl6/c23-12-6-18(25)17(19(26)7-12)10-15-14-4-2-1-3-11(14)5-16(15)22-20(27)8-13(24)9-21(22)28/h1-10H/b15-10+. The zero-order chi connectivity index (χ0) is 20.0. The molecule has 6 heteroatoms. The molecule has 0 aliphatic heterocycles. The molecule has 0 nitrogen and oxygen atoms in total. The highest BCUT2D eigenvalue weighted by atomic mass is 35.5. The quantitative estimate of drug-likeness (QED) is 0.338. The van der Waals surface area contributed by atoms with E-state index in [2.05, 4.69) is 0 Å². The number of benzene rings is 3. The molecule has 0 unspecified atom stereocenters. The summed E-state index contributed by atoms with van der Waals surface area (Å²) >= 11 is 38.0. The van der Waals surface area contributed by atoms with Gasteiger partial charge in [-0.05, 0) is 58.7 Å². The van der Waals surface area contributed by atoms with Gasteiger partial charge in [-0.25, -0.2) is 0 Å². The van der Waals surface area contributed by atoms with Crippen molar-refractivity contribution in [1.29, 1.82) is 0 Å². The summed E-state index contributed by atoms with van der Waals surface area (Å²) in [5, 5.41) is 2.81. The third-order valence-electron chi connectivity index (χ3n) is 4.45. The fourth-order valence-electron chi connectivity index (χ4n) is 3.24. The summed E-state index contributed by atoms with van der Waals surface area (Å²) in [4.78, 5) is 0. The van der Waals surface area contributed by atoms with Crippen LogP contribution in [0.25, 0.3) is 23.3 Å². The van der Waals surface area contributed by atoms with Gasteiger partial charge in [0.25, 0.3) is 0 Å². The lowest BCUT2D eigenvalue weighted by molar-refractivity contribution is 1.60. The smallest absolute Gasteiger partial charge is 0.0514 e. The number of rotatable bonds is 2. The maximum atomic E-state index is 6.50. The largest absolute Gasteiger partial charge is 0.0842 e. The molecule has 140 valence electrons.